The van der Waals surface area contributed by atoms with Gasteiger partial charge in [-0.05, 0) is 33.1 Å². The van der Waals surface area contributed by atoms with Gasteiger partial charge in [0.25, 0.3) is 0 Å². The van der Waals surface area contributed by atoms with Gasteiger partial charge in [0.2, 0.25) is 0 Å². The number of rotatable bonds is 4. The summed E-state index contributed by atoms with van der Waals surface area (Å²) >= 11 is 0. The van der Waals surface area contributed by atoms with Crippen LogP contribution in [0.25, 0.3) is 0 Å². The molecule has 3 nitrogen and oxygen atoms in total. The number of esters is 1. The van der Waals surface area contributed by atoms with E-state index < -0.39 is 12.7 Å². The molecule has 0 aromatic carbocycles. The first-order valence-electron chi connectivity index (χ1n) is 5.01. The lowest BCUT2D eigenvalue weighted by Gasteiger charge is -2.21. The fourth-order valence-corrected chi connectivity index (χ4v) is 2.49. The van der Waals surface area contributed by atoms with Crippen LogP contribution in [0.5, 0.6) is 0 Å². The molecule has 0 saturated carbocycles. The lowest BCUT2D eigenvalue weighted by molar-refractivity contribution is -0.151. The summed E-state index contributed by atoms with van der Waals surface area (Å²) in [6.45, 7) is 9.15. The molecule has 0 rings (SSSR count). The summed E-state index contributed by atoms with van der Waals surface area (Å²) in [6.07, 6.45) is 1.22. The molecule has 0 amide bonds. The lowest BCUT2D eigenvalue weighted by atomic mass is 10.2. The minimum absolute atomic E-state index is 0.0806. The van der Waals surface area contributed by atoms with Crippen molar-refractivity contribution in [1.82, 2.24) is 0 Å². The van der Waals surface area contributed by atoms with Crippen LogP contribution in [-0.2, 0) is 14.1 Å². The molecule has 0 bridgehead atoms. The van der Waals surface area contributed by atoms with Crippen molar-refractivity contribution in [1.29, 1.82) is 0 Å². The van der Waals surface area contributed by atoms with Crippen molar-refractivity contribution >= 4 is 13.1 Å². The Bertz CT molecular complexity index is 232. The molecule has 0 fully saturated rings. The van der Waals surface area contributed by atoms with E-state index in [2.05, 4.69) is 0 Å². The van der Waals surface area contributed by atoms with Gasteiger partial charge >= 0.3 is 5.97 Å². The van der Waals surface area contributed by atoms with Gasteiger partial charge in [-0.3, -0.25) is 4.79 Å². The highest BCUT2D eigenvalue weighted by Crippen LogP contribution is 2.44. The summed E-state index contributed by atoms with van der Waals surface area (Å²) in [4.78, 5) is 11.4. The molecule has 0 aliphatic carbocycles. The second kappa shape index (κ2) is 4.97. The minimum Gasteiger partial charge on any atom is -0.460 e. The van der Waals surface area contributed by atoms with Gasteiger partial charge in [-0.1, -0.05) is 13.8 Å². The Balaban J connectivity index is 4.26. The zero-order valence-electron chi connectivity index (χ0n) is 9.79. The molecule has 0 atom stereocenters. The number of hydrogen-bond donors (Lipinski definition) is 0. The van der Waals surface area contributed by atoms with Crippen LogP contribution >= 0.6 is 7.14 Å². The second-order valence-electron chi connectivity index (χ2n) is 4.44. The first-order valence-corrected chi connectivity index (χ1v) is 7.27. The van der Waals surface area contributed by atoms with Crippen molar-refractivity contribution in [2.24, 2.45) is 0 Å². The molecule has 84 valence electrons. The summed E-state index contributed by atoms with van der Waals surface area (Å²) in [6, 6.07) is 0. The Morgan fingerprint density at radius 2 is 1.64 bits per heavy atom. The van der Waals surface area contributed by atoms with E-state index in [4.69, 9.17) is 4.74 Å². The number of hydrogen-bond acceptors (Lipinski definition) is 3. The SMILES string of the molecule is CCP(=O)(CC)CC(=O)OC(C)(C)C. The molecule has 0 aliphatic heterocycles. The van der Waals surface area contributed by atoms with Crippen LogP contribution in [-0.4, -0.2) is 30.1 Å². The van der Waals surface area contributed by atoms with Crippen LogP contribution in [0.3, 0.4) is 0 Å². The standard InChI is InChI=1S/C10H21O3P/c1-6-14(12,7-2)8-9(11)13-10(3,4)5/h6-8H2,1-5H3. The lowest BCUT2D eigenvalue weighted by Crippen LogP contribution is -2.26. The largest absolute Gasteiger partial charge is 0.460 e. The van der Waals surface area contributed by atoms with E-state index in [1.165, 1.54) is 0 Å². The Morgan fingerprint density at radius 3 is 1.93 bits per heavy atom. The average Bonchev–Trinajstić information content (AvgIpc) is 2.00. The summed E-state index contributed by atoms with van der Waals surface area (Å²) in [7, 11) is -2.30. The highest BCUT2D eigenvalue weighted by atomic mass is 31.2. The summed E-state index contributed by atoms with van der Waals surface area (Å²) in [5.74, 6) is -0.343. The van der Waals surface area contributed by atoms with E-state index in [1.807, 2.05) is 34.6 Å². The maximum absolute atomic E-state index is 11.9. The quantitative estimate of drug-likeness (QED) is 0.540. The summed E-state index contributed by atoms with van der Waals surface area (Å²) in [5, 5.41) is 0. The van der Waals surface area contributed by atoms with E-state index in [0.717, 1.165) is 0 Å². The number of carbonyl (C=O) groups is 1. The van der Waals surface area contributed by atoms with Crippen LogP contribution in [0.4, 0.5) is 0 Å². The molecule has 0 radical (unpaired) electrons. The van der Waals surface area contributed by atoms with E-state index in [-0.39, 0.29) is 12.1 Å². The van der Waals surface area contributed by atoms with Gasteiger partial charge in [0.05, 0.1) is 13.3 Å². The first-order chi connectivity index (χ1) is 6.22. The van der Waals surface area contributed by atoms with Gasteiger partial charge in [-0.2, -0.15) is 0 Å². The molecule has 0 aromatic rings. The van der Waals surface area contributed by atoms with Gasteiger partial charge in [0.15, 0.2) is 0 Å². The predicted octanol–water partition coefficient (Wildman–Crippen LogP) is 2.73. The molecule has 14 heavy (non-hydrogen) atoms. The van der Waals surface area contributed by atoms with Crippen molar-refractivity contribution in [3.63, 3.8) is 0 Å². The third-order valence-electron chi connectivity index (χ3n) is 1.99. The average molecular weight is 220 g/mol. The highest BCUT2D eigenvalue weighted by molar-refractivity contribution is 7.64. The monoisotopic (exact) mass is 220 g/mol. The van der Waals surface area contributed by atoms with Crippen LogP contribution in [0.2, 0.25) is 0 Å². The van der Waals surface area contributed by atoms with Crippen molar-refractivity contribution in [3.05, 3.63) is 0 Å². The van der Waals surface area contributed by atoms with Gasteiger partial charge in [0.1, 0.15) is 5.60 Å². The highest BCUT2D eigenvalue weighted by Gasteiger charge is 2.25. The van der Waals surface area contributed by atoms with Crippen molar-refractivity contribution in [2.45, 2.75) is 40.2 Å². The van der Waals surface area contributed by atoms with Crippen molar-refractivity contribution in [3.8, 4) is 0 Å². The molecule has 0 heterocycles. The summed E-state index contributed by atoms with van der Waals surface area (Å²) in [5.41, 5.74) is -0.483. The Labute approximate surface area is 86.6 Å². The normalized spacial score (nSPS) is 12.6. The number of carbonyl (C=O) groups excluding carboxylic acids is 1. The summed E-state index contributed by atoms with van der Waals surface area (Å²) < 4.78 is 17.1. The molecule has 0 aliphatic rings. The Morgan fingerprint density at radius 1 is 1.21 bits per heavy atom. The van der Waals surface area contributed by atoms with Crippen LogP contribution in [0.1, 0.15) is 34.6 Å². The van der Waals surface area contributed by atoms with Gasteiger partial charge in [-0.15, -0.1) is 0 Å². The van der Waals surface area contributed by atoms with Crippen LogP contribution in [0, 0.1) is 0 Å². The second-order valence-corrected chi connectivity index (χ2v) is 8.13. The smallest absolute Gasteiger partial charge is 0.313 e. The minimum atomic E-state index is -2.30. The van der Waals surface area contributed by atoms with Crippen molar-refractivity contribution < 1.29 is 14.1 Å². The molecule has 0 spiro atoms. The number of ether oxygens (including phenoxy) is 1. The van der Waals surface area contributed by atoms with Gasteiger partial charge < -0.3 is 9.30 Å². The molecule has 4 heteroatoms. The van der Waals surface area contributed by atoms with Gasteiger partial charge in [-0.25, -0.2) is 0 Å². The molecule has 0 aromatic heterocycles. The molecular formula is C10H21O3P. The fraction of sp³-hybridized carbons (Fsp3) is 0.900. The Hall–Kier alpha value is -0.300. The third-order valence-corrected chi connectivity index (χ3v) is 5.13. The Kier molecular flexibility index (Phi) is 4.87. The zero-order chi connectivity index (χ0) is 11.4. The zero-order valence-corrected chi connectivity index (χ0v) is 10.7. The van der Waals surface area contributed by atoms with E-state index >= 15 is 0 Å². The first kappa shape index (κ1) is 13.7. The fourth-order valence-electron chi connectivity index (χ4n) is 1.06. The maximum Gasteiger partial charge on any atom is 0.313 e. The predicted molar refractivity (Wildman–Crippen MR) is 59.4 cm³/mol. The molecule has 0 unspecified atom stereocenters. The molecule has 0 N–H and O–H groups in total. The topological polar surface area (TPSA) is 43.4 Å². The van der Waals surface area contributed by atoms with E-state index in [0.29, 0.717) is 12.3 Å². The van der Waals surface area contributed by atoms with Gasteiger partial charge in [0, 0.05) is 0 Å². The molecule has 0 saturated heterocycles. The maximum atomic E-state index is 11.9. The van der Waals surface area contributed by atoms with E-state index in [1.54, 1.807) is 0 Å². The van der Waals surface area contributed by atoms with Crippen LogP contribution in [0.15, 0.2) is 0 Å². The third kappa shape index (κ3) is 5.43. The van der Waals surface area contributed by atoms with Crippen LogP contribution < -0.4 is 0 Å². The molecular weight excluding hydrogens is 199 g/mol. The van der Waals surface area contributed by atoms with Crippen molar-refractivity contribution in [2.75, 3.05) is 18.5 Å². The van der Waals surface area contributed by atoms with E-state index in [9.17, 15) is 9.36 Å².